The maximum Gasteiger partial charge on any atom is 0.409 e. The van der Waals surface area contributed by atoms with Gasteiger partial charge in [-0.2, -0.15) is 18.2 Å². The van der Waals surface area contributed by atoms with Crippen molar-refractivity contribution in [1.82, 2.24) is 24.4 Å². The van der Waals surface area contributed by atoms with E-state index in [-0.39, 0.29) is 39.0 Å². The summed E-state index contributed by atoms with van der Waals surface area (Å²) in [5.74, 6) is -1.19. The summed E-state index contributed by atoms with van der Waals surface area (Å²) < 4.78 is 68.5. The minimum Gasteiger partial charge on any atom is -0.478 e. The fourth-order valence-corrected chi connectivity index (χ4v) is 6.21. The van der Waals surface area contributed by atoms with Crippen molar-refractivity contribution in [2.75, 3.05) is 10.3 Å². The van der Waals surface area contributed by atoms with Gasteiger partial charge in [0.25, 0.3) is 10.0 Å². The van der Waals surface area contributed by atoms with Crippen LogP contribution in [-0.2, 0) is 10.0 Å². The summed E-state index contributed by atoms with van der Waals surface area (Å²) in [6, 6.07) is 12.5. The number of allylic oxidation sites excluding steroid dienone is 1. The number of carbonyl (C=O) groups is 1. The predicted molar refractivity (Wildman–Crippen MR) is 160 cm³/mol. The van der Waals surface area contributed by atoms with Crippen molar-refractivity contribution >= 4 is 44.3 Å². The first-order valence-corrected chi connectivity index (χ1v) is 14.8. The topological polar surface area (TPSA) is 142 Å². The number of aromatic carboxylic acids is 1. The number of benzene rings is 2. The molecule has 1 aliphatic heterocycles. The van der Waals surface area contributed by atoms with Gasteiger partial charge in [-0.05, 0) is 62.4 Å². The number of carboxylic acids is 1. The van der Waals surface area contributed by atoms with E-state index in [4.69, 9.17) is 0 Å². The van der Waals surface area contributed by atoms with Crippen LogP contribution in [0.2, 0.25) is 0 Å². The van der Waals surface area contributed by atoms with E-state index in [2.05, 4.69) is 25.7 Å². The highest BCUT2D eigenvalue weighted by Gasteiger charge is 2.43. The van der Waals surface area contributed by atoms with Crippen molar-refractivity contribution in [3.63, 3.8) is 0 Å². The van der Waals surface area contributed by atoms with Crippen LogP contribution in [0.25, 0.3) is 22.0 Å². The highest BCUT2D eigenvalue weighted by molar-refractivity contribution is 7.90. The monoisotopic (exact) mass is 635 g/mol. The van der Waals surface area contributed by atoms with Gasteiger partial charge in [-0.25, -0.2) is 27.6 Å². The normalized spacial score (nSPS) is 15.4. The number of hydrogen-bond acceptors (Lipinski definition) is 9. The quantitative estimate of drug-likeness (QED) is 0.206. The Morgan fingerprint density at radius 3 is 2.47 bits per heavy atom. The van der Waals surface area contributed by atoms with E-state index >= 15 is 0 Å². The Hall–Kier alpha value is -5.28. The number of aromatic nitrogens is 4. The molecule has 0 aliphatic carbocycles. The molecule has 11 nitrogen and oxygen atoms in total. The van der Waals surface area contributed by atoms with Crippen LogP contribution < -0.4 is 15.8 Å². The van der Waals surface area contributed by atoms with Crippen molar-refractivity contribution in [3.05, 3.63) is 102 Å². The second kappa shape index (κ2) is 11.0. The van der Waals surface area contributed by atoms with E-state index in [0.29, 0.717) is 16.6 Å². The van der Waals surface area contributed by atoms with Crippen molar-refractivity contribution in [3.8, 4) is 11.1 Å². The van der Waals surface area contributed by atoms with E-state index in [1.165, 1.54) is 35.6 Å². The van der Waals surface area contributed by atoms with E-state index in [1.54, 1.807) is 48.5 Å². The average Bonchev–Trinajstić information content (AvgIpc) is 3.61. The lowest BCUT2D eigenvalue weighted by Crippen LogP contribution is -2.45. The van der Waals surface area contributed by atoms with Crippen molar-refractivity contribution < 1.29 is 31.5 Å². The molecule has 3 N–H and O–H groups in total. The van der Waals surface area contributed by atoms with Crippen LogP contribution in [-0.4, -0.2) is 50.6 Å². The molecule has 0 fully saturated rings. The molecule has 5 aromatic rings. The molecule has 4 heterocycles. The standard InChI is InChI=1S/C30H24F3N7O4S/c1-17-3-6-23(7-4-17)45(43,44)39-10-9-19-13-22(5-8-25(19)39)36-29-35-16-24(20-12-21(28(41)42)15-34-14-20)27(37-29)40-18(2)11-26(38-40)30(31,32)33/h3-16,26,38H,1-2H3,(H,41,42)(H,35,36,37). The molecule has 1 atom stereocenters. The smallest absolute Gasteiger partial charge is 0.409 e. The van der Waals surface area contributed by atoms with Crippen LogP contribution in [0.5, 0.6) is 0 Å². The Bertz CT molecular complexity index is 2100. The summed E-state index contributed by atoms with van der Waals surface area (Å²) in [6.07, 6.45) is 1.75. The van der Waals surface area contributed by atoms with Gasteiger partial charge in [-0.1, -0.05) is 17.7 Å². The number of halogens is 3. The van der Waals surface area contributed by atoms with E-state index in [0.717, 1.165) is 22.8 Å². The van der Waals surface area contributed by atoms with Crippen LogP contribution in [0.15, 0.2) is 96.1 Å². The lowest BCUT2D eigenvalue weighted by molar-refractivity contribution is -0.142. The highest BCUT2D eigenvalue weighted by Crippen LogP contribution is 2.36. The molecule has 0 spiro atoms. The molecule has 230 valence electrons. The Labute approximate surface area is 254 Å². The van der Waals surface area contributed by atoms with Gasteiger partial charge in [-0.3, -0.25) is 9.99 Å². The zero-order chi connectivity index (χ0) is 32.1. The first-order valence-electron chi connectivity index (χ1n) is 13.4. The summed E-state index contributed by atoms with van der Waals surface area (Å²) in [5, 5.41) is 14.2. The Morgan fingerprint density at radius 1 is 1.02 bits per heavy atom. The second-order valence-electron chi connectivity index (χ2n) is 10.3. The Kier molecular flexibility index (Phi) is 7.29. The van der Waals surface area contributed by atoms with Gasteiger partial charge >= 0.3 is 12.1 Å². The number of nitrogens with zero attached hydrogens (tertiary/aromatic N) is 5. The first kappa shape index (κ1) is 29.8. The molecule has 3 aromatic heterocycles. The zero-order valence-corrected chi connectivity index (χ0v) is 24.4. The fourth-order valence-electron chi connectivity index (χ4n) is 4.86. The summed E-state index contributed by atoms with van der Waals surface area (Å²) in [4.78, 5) is 24.5. The third kappa shape index (κ3) is 5.70. The van der Waals surface area contributed by atoms with Crippen LogP contribution in [0.3, 0.4) is 0 Å². The lowest BCUT2D eigenvalue weighted by Gasteiger charge is -2.25. The molecule has 45 heavy (non-hydrogen) atoms. The van der Waals surface area contributed by atoms with Crippen LogP contribution in [0, 0.1) is 6.92 Å². The van der Waals surface area contributed by atoms with Crippen molar-refractivity contribution in [1.29, 1.82) is 0 Å². The van der Waals surface area contributed by atoms with Crippen molar-refractivity contribution in [2.24, 2.45) is 0 Å². The van der Waals surface area contributed by atoms with Crippen molar-refractivity contribution in [2.45, 2.75) is 31.0 Å². The Morgan fingerprint density at radius 2 is 1.78 bits per heavy atom. The number of hydrazine groups is 1. The molecule has 0 radical (unpaired) electrons. The van der Waals surface area contributed by atoms with Crippen LogP contribution in [0.1, 0.15) is 22.8 Å². The van der Waals surface area contributed by atoms with Gasteiger partial charge in [0.15, 0.2) is 5.82 Å². The molecule has 0 amide bonds. The predicted octanol–water partition coefficient (Wildman–Crippen LogP) is 5.64. The molecule has 1 unspecified atom stereocenters. The maximum absolute atomic E-state index is 13.6. The zero-order valence-electron chi connectivity index (χ0n) is 23.6. The number of hydrogen-bond donors (Lipinski definition) is 3. The maximum atomic E-state index is 13.6. The number of fused-ring (bicyclic) bond motifs is 1. The molecule has 0 saturated heterocycles. The van der Waals surface area contributed by atoms with E-state index in [1.807, 2.05) is 6.92 Å². The third-order valence-electron chi connectivity index (χ3n) is 7.15. The molecule has 6 rings (SSSR count). The third-order valence-corrected chi connectivity index (χ3v) is 8.85. The molecule has 15 heteroatoms. The number of nitrogens with one attached hydrogen (secondary N) is 2. The number of alkyl halides is 3. The minimum atomic E-state index is -4.58. The van der Waals surface area contributed by atoms with Gasteiger partial charge < -0.3 is 10.4 Å². The van der Waals surface area contributed by atoms with Gasteiger partial charge in [0.2, 0.25) is 5.95 Å². The minimum absolute atomic E-state index is 0.0206. The average molecular weight is 636 g/mol. The molecule has 0 saturated carbocycles. The van der Waals surface area contributed by atoms with E-state index < -0.39 is 28.2 Å². The largest absolute Gasteiger partial charge is 0.478 e. The van der Waals surface area contributed by atoms with Gasteiger partial charge in [0.05, 0.1) is 16.0 Å². The van der Waals surface area contributed by atoms with Crippen LogP contribution >= 0.6 is 0 Å². The molecular formula is C30H24F3N7O4S. The Balaban J connectivity index is 1.36. The number of aryl methyl sites for hydroxylation is 1. The van der Waals surface area contributed by atoms with Gasteiger partial charge in [0, 0.05) is 52.7 Å². The van der Waals surface area contributed by atoms with Crippen LogP contribution in [0.4, 0.5) is 30.6 Å². The number of pyridine rings is 1. The lowest BCUT2D eigenvalue weighted by atomic mass is 10.1. The summed E-state index contributed by atoms with van der Waals surface area (Å²) in [6.45, 7) is 3.34. The van der Waals surface area contributed by atoms with E-state index in [9.17, 15) is 31.5 Å². The summed E-state index contributed by atoms with van der Waals surface area (Å²) in [7, 11) is -3.85. The summed E-state index contributed by atoms with van der Waals surface area (Å²) in [5.41, 5.74) is 4.83. The SMILES string of the molecule is CC1=CC(C(F)(F)F)NN1c1nc(Nc2ccc3c(ccn3S(=O)(=O)c3ccc(C)cc3)c2)ncc1-c1cncc(C(=O)O)c1. The fraction of sp³-hybridized carbons (Fsp3) is 0.133. The number of anilines is 3. The highest BCUT2D eigenvalue weighted by atomic mass is 32.2. The summed E-state index contributed by atoms with van der Waals surface area (Å²) >= 11 is 0. The number of carboxylic acid groups (broad SMARTS) is 1. The van der Waals surface area contributed by atoms with Gasteiger partial charge in [-0.15, -0.1) is 0 Å². The second-order valence-corrected chi connectivity index (χ2v) is 12.1. The molecule has 0 bridgehead atoms. The molecular weight excluding hydrogens is 611 g/mol. The first-order chi connectivity index (χ1) is 21.3. The van der Waals surface area contributed by atoms with Gasteiger partial charge in [0.1, 0.15) is 6.04 Å². The number of rotatable bonds is 7. The molecule has 2 aromatic carbocycles. The molecule has 1 aliphatic rings.